The number of rotatable bonds is 7. The maximum Gasteiger partial charge on any atom is 0.0696 e. The van der Waals surface area contributed by atoms with Crippen LogP contribution in [0.4, 0.5) is 28.4 Å². The molecule has 0 saturated heterocycles. The average molecular weight is 578 g/mol. The van der Waals surface area contributed by atoms with Crippen LogP contribution in [0, 0.1) is 0 Å². The van der Waals surface area contributed by atoms with Crippen molar-refractivity contribution in [3.63, 3.8) is 0 Å². The zero-order valence-corrected chi connectivity index (χ0v) is 24.7. The van der Waals surface area contributed by atoms with E-state index in [4.69, 9.17) is 0 Å². The van der Waals surface area contributed by atoms with Crippen molar-refractivity contribution < 1.29 is 0 Å². The first-order chi connectivity index (χ1) is 22.3. The number of aromatic amines is 1. The molecule has 8 rings (SSSR count). The van der Waals surface area contributed by atoms with Crippen LogP contribution in [0.5, 0.6) is 0 Å². The Balaban J connectivity index is 1.32. The summed E-state index contributed by atoms with van der Waals surface area (Å²) in [5.41, 5.74) is 12.3. The highest BCUT2D eigenvalue weighted by Gasteiger charge is 2.20. The normalized spacial score (nSPS) is 11.1. The van der Waals surface area contributed by atoms with Gasteiger partial charge in [0.05, 0.1) is 16.9 Å². The van der Waals surface area contributed by atoms with Crippen LogP contribution in [0.2, 0.25) is 0 Å². The van der Waals surface area contributed by atoms with E-state index in [0.717, 1.165) is 45.0 Å². The van der Waals surface area contributed by atoms with Gasteiger partial charge in [0.15, 0.2) is 0 Å². The van der Waals surface area contributed by atoms with Crippen molar-refractivity contribution in [3.05, 3.63) is 176 Å². The Morgan fingerprint density at radius 2 is 1.00 bits per heavy atom. The predicted octanol–water partition coefficient (Wildman–Crippen LogP) is 11.9. The molecule has 7 aromatic carbocycles. The molecule has 0 unspecified atom stereocenters. The summed E-state index contributed by atoms with van der Waals surface area (Å²) in [6.45, 7) is 0. The number of nitrogens with zero attached hydrogens (tertiary/aromatic N) is 1. The number of nitrogens with one attached hydrogen (secondary N) is 2. The van der Waals surface area contributed by atoms with Gasteiger partial charge in [-0.3, -0.25) is 0 Å². The van der Waals surface area contributed by atoms with Gasteiger partial charge in [-0.15, -0.1) is 0 Å². The number of aromatic nitrogens is 1. The van der Waals surface area contributed by atoms with E-state index in [-0.39, 0.29) is 0 Å². The Labute approximate surface area is 263 Å². The molecule has 0 amide bonds. The summed E-state index contributed by atoms with van der Waals surface area (Å²) in [5, 5.41) is 6.33. The van der Waals surface area contributed by atoms with E-state index in [1.165, 1.54) is 27.5 Å². The van der Waals surface area contributed by atoms with Gasteiger partial charge in [0.2, 0.25) is 0 Å². The van der Waals surface area contributed by atoms with Crippen LogP contribution in [0.25, 0.3) is 44.1 Å². The lowest BCUT2D eigenvalue weighted by molar-refractivity contribution is 1.28. The van der Waals surface area contributed by atoms with Crippen molar-refractivity contribution in [1.82, 2.24) is 4.98 Å². The molecule has 45 heavy (non-hydrogen) atoms. The Kier molecular flexibility index (Phi) is 6.82. The monoisotopic (exact) mass is 577 g/mol. The Morgan fingerprint density at radius 1 is 0.422 bits per heavy atom. The summed E-state index contributed by atoms with van der Waals surface area (Å²) in [6, 6.07) is 62.0. The second-order valence-corrected chi connectivity index (χ2v) is 11.1. The first-order valence-corrected chi connectivity index (χ1v) is 15.3. The van der Waals surface area contributed by atoms with Gasteiger partial charge in [0, 0.05) is 44.5 Å². The highest BCUT2D eigenvalue weighted by Crippen LogP contribution is 2.45. The minimum Gasteiger partial charge on any atom is -0.354 e. The minimum absolute atomic E-state index is 1.02. The average Bonchev–Trinajstić information content (AvgIpc) is 3.49. The highest BCUT2D eigenvalue weighted by molar-refractivity contribution is 6.15. The molecule has 0 aliphatic carbocycles. The summed E-state index contributed by atoms with van der Waals surface area (Å²) >= 11 is 0. The molecule has 0 bridgehead atoms. The van der Waals surface area contributed by atoms with Crippen LogP contribution >= 0.6 is 0 Å². The maximum absolute atomic E-state index is 3.88. The molecule has 1 heterocycles. The topological polar surface area (TPSA) is 31.1 Å². The Bertz CT molecular complexity index is 2200. The molecule has 214 valence electrons. The third kappa shape index (κ3) is 4.91. The fourth-order valence-electron chi connectivity index (χ4n) is 6.37. The molecular weight excluding hydrogens is 546 g/mol. The first-order valence-electron chi connectivity index (χ1n) is 15.3. The lowest BCUT2D eigenvalue weighted by Gasteiger charge is -2.28. The number of fused-ring (bicyclic) bond motifs is 3. The number of hydrogen-bond donors (Lipinski definition) is 2. The summed E-state index contributed by atoms with van der Waals surface area (Å²) < 4.78 is 0. The van der Waals surface area contributed by atoms with Gasteiger partial charge >= 0.3 is 0 Å². The third-order valence-corrected chi connectivity index (χ3v) is 8.41. The summed E-state index contributed by atoms with van der Waals surface area (Å²) in [7, 11) is 0. The summed E-state index contributed by atoms with van der Waals surface area (Å²) in [4.78, 5) is 6.09. The van der Waals surface area contributed by atoms with Gasteiger partial charge in [-0.1, -0.05) is 127 Å². The standard InChI is InChI=1S/C42H31N3/c1-4-16-30(17-5-1)33-28-29-35-34-22-10-12-24-37(34)44-42(35)41(33)36-23-11-13-25-38(36)43-39-26-14-15-27-40(39)45(31-18-6-2-7-19-31)32-20-8-3-9-21-32/h1-29,43-44H. The second kappa shape index (κ2) is 11.6. The van der Waals surface area contributed by atoms with Gasteiger partial charge < -0.3 is 15.2 Å². The van der Waals surface area contributed by atoms with E-state index < -0.39 is 0 Å². The van der Waals surface area contributed by atoms with Gasteiger partial charge in [0.25, 0.3) is 0 Å². The maximum atomic E-state index is 3.88. The smallest absolute Gasteiger partial charge is 0.0696 e. The molecule has 0 aliphatic heterocycles. The van der Waals surface area contributed by atoms with Crippen LogP contribution in [0.15, 0.2) is 176 Å². The lowest BCUT2D eigenvalue weighted by atomic mass is 9.91. The molecule has 0 spiro atoms. The largest absolute Gasteiger partial charge is 0.354 e. The van der Waals surface area contributed by atoms with Crippen molar-refractivity contribution in [2.24, 2.45) is 0 Å². The van der Waals surface area contributed by atoms with Gasteiger partial charge in [-0.05, 0) is 59.7 Å². The fourth-order valence-corrected chi connectivity index (χ4v) is 6.37. The molecule has 1 aromatic heterocycles. The Hall–Kier alpha value is -6.06. The number of para-hydroxylation sites is 6. The zero-order valence-electron chi connectivity index (χ0n) is 24.7. The van der Waals surface area contributed by atoms with E-state index in [9.17, 15) is 0 Å². The van der Waals surface area contributed by atoms with E-state index in [1.54, 1.807) is 0 Å². The van der Waals surface area contributed by atoms with Crippen molar-refractivity contribution >= 4 is 50.2 Å². The van der Waals surface area contributed by atoms with Crippen LogP contribution in [0.1, 0.15) is 0 Å². The fraction of sp³-hybridized carbons (Fsp3) is 0. The summed E-state index contributed by atoms with van der Waals surface area (Å²) in [6.07, 6.45) is 0. The van der Waals surface area contributed by atoms with Crippen LogP contribution in [0.3, 0.4) is 0 Å². The van der Waals surface area contributed by atoms with Crippen LogP contribution in [-0.4, -0.2) is 4.98 Å². The van der Waals surface area contributed by atoms with Gasteiger partial charge in [0.1, 0.15) is 0 Å². The molecule has 2 N–H and O–H groups in total. The number of anilines is 5. The van der Waals surface area contributed by atoms with Crippen molar-refractivity contribution in [1.29, 1.82) is 0 Å². The van der Waals surface area contributed by atoms with Gasteiger partial charge in [-0.25, -0.2) is 0 Å². The van der Waals surface area contributed by atoms with E-state index in [0.29, 0.717) is 0 Å². The van der Waals surface area contributed by atoms with E-state index >= 15 is 0 Å². The molecule has 0 fully saturated rings. The third-order valence-electron chi connectivity index (χ3n) is 8.41. The van der Waals surface area contributed by atoms with Crippen molar-refractivity contribution in [2.75, 3.05) is 10.2 Å². The Morgan fingerprint density at radius 3 is 1.73 bits per heavy atom. The van der Waals surface area contributed by atoms with Crippen LogP contribution < -0.4 is 10.2 Å². The predicted molar refractivity (Wildman–Crippen MR) is 191 cm³/mol. The molecular formula is C42H31N3. The molecule has 0 saturated carbocycles. The van der Waals surface area contributed by atoms with Crippen molar-refractivity contribution in [3.8, 4) is 22.3 Å². The quantitative estimate of drug-likeness (QED) is 0.197. The molecule has 8 aromatic rings. The SMILES string of the molecule is c1ccc(-c2ccc3c([nH]c4ccccc43)c2-c2ccccc2Nc2ccccc2N(c2ccccc2)c2ccccc2)cc1. The number of benzene rings is 7. The molecule has 3 heteroatoms. The molecule has 0 radical (unpaired) electrons. The van der Waals surface area contributed by atoms with E-state index in [2.05, 4.69) is 191 Å². The molecule has 0 atom stereocenters. The lowest BCUT2D eigenvalue weighted by Crippen LogP contribution is -2.11. The van der Waals surface area contributed by atoms with Crippen LogP contribution in [-0.2, 0) is 0 Å². The number of hydrogen-bond acceptors (Lipinski definition) is 2. The molecule has 0 aliphatic rings. The zero-order chi connectivity index (χ0) is 30.0. The first kappa shape index (κ1) is 26.6. The number of H-pyrrole nitrogens is 1. The second-order valence-electron chi connectivity index (χ2n) is 11.1. The van der Waals surface area contributed by atoms with Gasteiger partial charge in [-0.2, -0.15) is 0 Å². The summed E-state index contributed by atoms with van der Waals surface area (Å²) in [5.74, 6) is 0. The van der Waals surface area contributed by atoms with Crippen molar-refractivity contribution in [2.45, 2.75) is 0 Å². The highest BCUT2D eigenvalue weighted by atomic mass is 15.2. The minimum atomic E-state index is 1.02. The molecule has 3 nitrogen and oxygen atoms in total. The van der Waals surface area contributed by atoms with E-state index in [1.807, 2.05) is 0 Å².